The van der Waals surface area contributed by atoms with Crippen molar-refractivity contribution in [1.82, 2.24) is 0 Å². The summed E-state index contributed by atoms with van der Waals surface area (Å²) >= 11 is 0. The van der Waals surface area contributed by atoms with E-state index in [1.165, 1.54) is 0 Å². The van der Waals surface area contributed by atoms with Gasteiger partial charge in [-0.25, -0.2) is 4.79 Å². The van der Waals surface area contributed by atoms with Crippen LogP contribution >= 0.6 is 0 Å². The smallest absolute Gasteiger partial charge is 0.237 e. The number of hydrogen-bond donors (Lipinski definition) is 0. The van der Waals surface area contributed by atoms with Crippen molar-refractivity contribution in [3.8, 4) is 0 Å². The summed E-state index contributed by atoms with van der Waals surface area (Å²) in [6.45, 7) is 8.38. The fourth-order valence-electron chi connectivity index (χ4n) is 0.995. The van der Waals surface area contributed by atoms with Gasteiger partial charge in [0.15, 0.2) is 8.32 Å². The molecular weight excluding hydrogens is 182 g/mol. The van der Waals surface area contributed by atoms with Crippen LogP contribution in [-0.4, -0.2) is 20.6 Å². The lowest BCUT2D eigenvalue weighted by molar-refractivity contribution is 0.190. The Labute approximate surface area is 81.3 Å². The average molecular weight is 201 g/mol. The standard InChI is InChI=1S/C9H19NO2Si/c1-5-6-7-9(10-8-11)12-13(2,3)4/h9H,5-7H2,1-4H3. The number of aliphatic imine (C=N–C) groups is 1. The lowest BCUT2D eigenvalue weighted by atomic mass is 10.2. The van der Waals surface area contributed by atoms with E-state index in [0.717, 1.165) is 19.3 Å². The maximum Gasteiger partial charge on any atom is 0.237 e. The Bertz CT molecular complexity index is 183. The third-order valence-electron chi connectivity index (χ3n) is 1.49. The summed E-state index contributed by atoms with van der Waals surface area (Å²) in [5.74, 6) is 0. The second kappa shape index (κ2) is 6.08. The van der Waals surface area contributed by atoms with E-state index in [-0.39, 0.29) is 6.23 Å². The van der Waals surface area contributed by atoms with Crippen molar-refractivity contribution < 1.29 is 9.22 Å². The van der Waals surface area contributed by atoms with Gasteiger partial charge in [-0.05, 0) is 32.5 Å². The van der Waals surface area contributed by atoms with Crippen LogP contribution < -0.4 is 0 Å². The Morgan fingerprint density at radius 2 is 2.08 bits per heavy atom. The Kier molecular flexibility index (Phi) is 5.87. The fraction of sp³-hybridized carbons (Fsp3) is 0.889. The first-order chi connectivity index (χ1) is 5.99. The van der Waals surface area contributed by atoms with Crippen LogP contribution in [-0.2, 0) is 9.22 Å². The monoisotopic (exact) mass is 201 g/mol. The van der Waals surface area contributed by atoms with E-state index in [0.29, 0.717) is 0 Å². The third kappa shape index (κ3) is 7.90. The van der Waals surface area contributed by atoms with Crippen molar-refractivity contribution in [2.24, 2.45) is 4.99 Å². The number of hydrogen-bond acceptors (Lipinski definition) is 3. The molecule has 0 radical (unpaired) electrons. The molecule has 4 heteroatoms. The van der Waals surface area contributed by atoms with Crippen molar-refractivity contribution >= 4 is 14.4 Å². The quantitative estimate of drug-likeness (QED) is 0.376. The van der Waals surface area contributed by atoms with Crippen molar-refractivity contribution in [2.75, 3.05) is 0 Å². The van der Waals surface area contributed by atoms with Gasteiger partial charge in [0.1, 0.15) is 6.23 Å². The zero-order valence-electron chi connectivity index (χ0n) is 8.96. The molecule has 0 heterocycles. The van der Waals surface area contributed by atoms with Gasteiger partial charge in [0.05, 0.1) is 0 Å². The van der Waals surface area contributed by atoms with Gasteiger partial charge in [0.2, 0.25) is 6.08 Å². The van der Waals surface area contributed by atoms with Crippen LogP contribution in [0.1, 0.15) is 26.2 Å². The first-order valence-electron chi connectivity index (χ1n) is 4.74. The Morgan fingerprint density at radius 1 is 1.46 bits per heavy atom. The lowest BCUT2D eigenvalue weighted by Gasteiger charge is -2.22. The minimum Gasteiger partial charge on any atom is -0.396 e. The molecule has 0 saturated carbocycles. The summed E-state index contributed by atoms with van der Waals surface area (Å²) in [7, 11) is -1.58. The SMILES string of the molecule is CCCCC(N=C=O)O[Si](C)(C)C. The predicted molar refractivity (Wildman–Crippen MR) is 55.9 cm³/mol. The van der Waals surface area contributed by atoms with E-state index in [9.17, 15) is 4.79 Å². The molecule has 76 valence electrons. The van der Waals surface area contributed by atoms with Crippen LogP contribution in [0.25, 0.3) is 0 Å². The molecule has 0 aromatic rings. The molecule has 13 heavy (non-hydrogen) atoms. The van der Waals surface area contributed by atoms with E-state index in [4.69, 9.17) is 4.43 Å². The summed E-state index contributed by atoms with van der Waals surface area (Å²) in [5, 5.41) is 0. The normalized spacial score (nSPS) is 13.5. The Hall–Kier alpha value is -0.443. The zero-order chi connectivity index (χ0) is 10.3. The molecule has 0 rings (SSSR count). The first-order valence-corrected chi connectivity index (χ1v) is 8.15. The zero-order valence-corrected chi connectivity index (χ0v) is 9.96. The number of carbonyl (C=O) groups excluding carboxylic acids is 1. The fourth-order valence-corrected chi connectivity index (χ4v) is 1.98. The first kappa shape index (κ1) is 12.6. The van der Waals surface area contributed by atoms with Gasteiger partial charge in [-0.15, -0.1) is 0 Å². The summed E-state index contributed by atoms with van der Waals surface area (Å²) in [6.07, 6.45) is 4.28. The largest absolute Gasteiger partial charge is 0.396 e. The maximum absolute atomic E-state index is 10.1. The number of rotatable bonds is 6. The highest BCUT2D eigenvalue weighted by atomic mass is 28.4. The predicted octanol–water partition coefficient (Wildman–Crippen LogP) is 2.69. The van der Waals surface area contributed by atoms with Crippen LogP contribution in [0.2, 0.25) is 19.6 Å². The summed E-state index contributed by atoms with van der Waals surface area (Å²) in [4.78, 5) is 13.8. The lowest BCUT2D eigenvalue weighted by Crippen LogP contribution is -2.31. The highest BCUT2D eigenvalue weighted by Gasteiger charge is 2.19. The molecule has 1 atom stereocenters. The summed E-state index contributed by atoms with van der Waals surface area (Å²) < 4.78 is 5.69. The van der Waals surface area contributed by atoms with Gasteiger partial charge in [-0.3, -0.25) is 0 Å². The second-order valence-corrected chi connectivity index (χ2v) is 8.51. The van der Waals surface area contributed by atoms with Crippen molar-refractivity contribution in [2.45, 2.75) is 52.1 Å². The van der Waals surface area contributed by atoms with Gasteiger partial charge in [0, 0.05) is 0 Å². The molecule has 0 fully saturated rings. The van der Waals surface area contributed by atoms with Crippen molar-refractivity contribution in [1.29, 1.82) is 0 Å². The van der Waals surface area contributed by atoms with E-state index >= 15 is 0 Å². The molecule has 0 amide bonds. The Balaban J connectivity index is 4.02. The highest BCUT2D eigenvalue weighted by molar-refractivity contribution is 6.69. The summed E-state index contributed by atoms with van der Waals surface area (Å²) in [6, 6.07) is 0. The molecule has 0 bridgehead atoms. The molecule has 0 aromatic carbocycles. The maximum atomic E-state index is 10.1. The van der Waals surface area contributed by atoms with E-state index in [1.54, 1.807) is 6.08 Å². The van der Waals surface area contributed by atoms with Gasteiger partial charge in [-0.1, -0.05) is 13.3 Å². The number of isocyanates is 1. The minimum atomic E-state index is -1.58. The molecule has 0 spiro atoms. The van der Waals surface area contributed by atoms with Gasteiger partial charge in [0.25, 0.3) is 0 Å². The molecule has 0 saturated heterocycles. The molecule has 0 aromatic heterocycles. The minimum absolute atomic E-state index is 0.260. The molecule has 0 aliphatic carbocycles. The molecule has 0 aliphatic rings. The number of unbranched alkanes of at least 4 members (excludes halogenated alkanes) is 1. The molecule has 3 nitrogen and oxygen atoms in total. The number of nitrogens with zero attached hydrogens (tertiary/aromatic N) is 1. The van der Waals surface area contributed by atoms with E-state index in [1.807, 2.05) is 0 Å². The Morgan fingerprint density at radius 3 is 2.46 bits per heavy atom. The van der Waals surface area contributed by atoms with Gasteiger partial charge < -0.3 is 4.43 Å². The molecular formula is C9H19NO2Si. The topological polar surface area (TPSA) is 38.7 Å². The second-order valence-electron chi connectivity index (χ2n) is 4.05. The van der Waals surface area contributed by atoms with Crippen LogP contribution in [0.3, 0.4) is 0 Å². The van der Waals surface area contributed by atoms with Gasteiger partial charge in [-0.2, -0.15) is 4.99 Å². The molecule has 0 N–H and O–H groups in total. The van der Waals surface area contributed by atoms with Crippen LogP contribution in [0.15, 0.2) is 4.99 Å². The third-order valence-corrected chi connectivity index (χ3v) is 2.47. The van der Waals surface area contributed by atoms with E-state index < -0.39 is 8.32 Å². The highest BCUT2D eigenvalue weighted by Crippen LogP contribution is 2.13. The van der Waals surface area contributed by atoms with Gasteiger partial charge >= 0.3 is 0 Å². The van der Waals surface area contributed by atoms with Crippen LogP contribution in [0.4, 0.5) is 0 Å². The average Bonchev–Trinajstić information content (AvgIpc) is 1.98. The molecule has 0 aliphatic heterocycles. The summed E-state index contributed by atoms with van der Waals surface area (Å²) in [5.41, 5.74) is 0. The van der Waals surface area contributed by atoms with Crippen LogP contribution in [0.5, 0.6) is 0 Å². The van der Waals surface area contributed by atoms with Crippen molar-refractivity contribution in [3.63, 3.8) is 0 Å². The van der Waals surface area contributed by atoms with E-state index in [2.05, 4.69) is 31.6 Å². The van der Waals surface area contributed by atoms with Crippen molar-refractivity contribution in [3.05, 3.63) is 0 Å². The van der Waals surface area contributed by atoms with Crippen LogP contribution in [0, 0.1) is 0 Å². The molecule has 1 unspecified atom stereocenters.